The van der Waals surface area contributed by atoms with E-state index in [-0.39, 0.29) is 24.0 Å². The summed E-state index contributed by atoms with van der Waals surface area (Å²) in [5.41, 5.74) is 0. The van der Waals surface area contributed by atoms with Crippen LogP contribution < -0.4 is 5.32 Å². The van der Waals surface area contributed by atoms with Crippen molar-refractivity contribution in [2.75, 3.05) is 6.54 Å². The summed E-state index contributed by atoms with van der Waals surface area (Å²) in [4.78, 5) is 23.9. The Bertz CT molecular complexity index is 292. The van der Waals surface area contributed by atoms with Gasteiger partial charge in [-0.25, -0.2) is 4.79 Å². The van der Waals surface area contributed by atoms with Crippen LogP contribution in [0.25, 0.3) is 0 Å². The van der Waals surface area contributed by atoms with E-state index in [1.807, 2.05) is 0 Å². The molecule has 2 aliphatic rings. The van der Waals surface area contributed by atoms with E-state index in [9.17, 15) is 9.59 Å². The molecule has 3 atom stereocenters. The largest absolute Gasteiger partial charge is 0.481 e. The summed E-state index contributed by atoms with van der Waals surface area (Å²) in [6.45, 7) is 2.74. The highest BCUT2D eigenvalue weighted by molar-refractivity contribution is 5.81. The molecule has 1 heterocycles. The number of hydrogen-bond donors (Lipinski definition) is 2. The minimum Gasteiger partial charge on any atom is -0.481 e. The average Bonchev–Trinajstić information content (AvgIpc) is 2.87. The maximum absolute atomic E-state index is 11.5. The second-order valence-electron chi connectivity index (χ2n) is 4.34. The van der Waals surface area contributed by atoms with E-state index in [2.05, 4.69) is 12.2 Å². The Labute approximate surface area is 88.4 Å². The average molecular weight is 212 g/mol. The predicted molar refractivity (Wildman–Crippen MR) is 53.5 cm³/mol. The lowest BCUT2D eigenvalue weighted by Gasteiger charge is -2.13. The first-order valence-corrected chi connectivity index (χ1v) is 5.43. The number of aliphatic carboxylic acids is 1. The monoisotopic (exact) mass is 212 g/mol. The lowest BCUT2D eigenvalue weighted by atomic mass is 10.2. The summed E-state index contributed by atoms with van der Waals surface area (Å²) in [7, 11) is 0. The number of hydrogen-bond acceptors (Lipinski definition) is 2. The number of carbonyl (C=O) groups is 2. The van der Waals surface area contributed by atoms with Crippen molar-refractivity contribution in [2.24, 2.45) is 5.92 Å². The molecule has 0 bridgehead atoms. The molecule has 2 fully saturated rings. The molecule has 0 aromatic carbocycles. The lowest BCUT2D eigenvalue weighted by Crippen LogP contribution is -2.32. The normalized spacial score (nSPS) is 34.1. The van der Waals surface area contributed by atoms with Crippen LogP contribution in [0.1, 0.15) is 26.2 Å². The second-order valence-corrected chi connectivity index (χ2v) is 4.34. The Hall–Kier alpha value is -1.26. The van der Waals surface area contributed by atoms with E-state index in [0.717, 1.165) is 12.8 Å². The van der Waals surface area contributed by atoms with E-state index in [0.29, 0.717) is 13.0 Å². The number of carboxylic acid groups (broad SMARTS) is 1. The molecule has 2 N–H and O–H groups in total. The number of urea groups is 1. The minimum absolute atomic E-state index is 0.0654. The van der Waals surface area contributed by atoms with Gasteiger partial charge in [0.15, 0.2) is 0 Å². The van der Waals surface area contributed by atoms with Gasteiger partial charge in [0.25, 0.3) is 0 Å². The van der Waals surface area contributed by atoms with Crippen LogP contribution in [0.2, 0.25) is 0 Å². The predicted octanol–water partition coefficient (Wildman–Crippen LogP) is 0.653. The number of amides is 2. The first-order valence-electron chi connectivity index (χ1n) is 5.43. The topological polar surface area (TPSA) is 69.6 Å². The van der Waals surface area contributed by atoms with Gasteiger partial charge < -0.3 is 15.3 Å². The summed E-state index contributed by atoms with van der Waals surface area (Å²) in [5.74, 6) is -1.12. The number of carboxylic acids is 1. The highest BCUT2D eigenvalue weighted by Gasteiger charge is 2.51. The Kier molecular flexibility index (Phi) is 2.54. The van der Waals surface area contributed by atoms with Gasteiger partial charge in [-0.15, -0.1) is 0 Å². The standard InChI is InChI=1S/C10H16N2O3/c1-2-3-6-5-12(10(15)11-6)8-4-7(8)9(13)14/h6-8H,2-5H2,1H3,(H,11,15)(H,13,14). The van der Waals surface area contributed by atoms with Crippen molar-refractivity contribution in [1.29, 1.82) is 0 Å². The molecule has 0 aromatic rings. The molecule has 1 saturated heterocycles. The van der Waals surface area contributed by atoms with Crippen LogP contribution in [0.5, 0.6) is 0 Å². The molecule has 2 rings (SSSR count). The molecule has 15 heavy (non-hydrogen) atoms. The van der Waals surface area contributed by atoms with Crippen molar-refractivity contribution in [2.45, 2.75) is 38.3 Å². The third-order valence-corrected chi connectivity index (χ3v) is 3.12. The summed E-state index contributed by atoms with van der Waals surface area (Å²) in [6.07, 6.45) is 2.61. The summed E-state index contributed by atoms with van der Waals surface area (Å²) in [5, 5.41) is 11.7. The molecular formula is C10H16N2O3. The zero-order chi connectivity index (χ0) is 11.0. The van der Waals surface area contributed by atoms with Crippen LogP contribution in [0.4, 0.5) is 4.79 Å². The fourth-order valence-corrected chi connectivity index (χ4v) is 2.21. The van der Waals surface area contributed by atoms with E-state index in [1.165, 1.54) is 0 Å². The molecule has 84 valence electrons. The number of rotatable bonds is 4. The summed E-state index contributed by atoms with van der Waals surface area (Å²) < 4.78 is 0. The van der Waals surface area contributed by atoms with Crippen molar-refractivity contribution in [3.8, 4) is 0 Å². The lowest BCUT2D eigenvalue weighted by molar-refractivity contribution is -0.138. The first kappa shape index (κ1) is 10.3. The highest BCUT2D eigenvalue weighted by atomic mass is 16.4. The molecule has 0 radical (unpaired) electrons. The molecule has 0 aromatic heterocycles. The van der Waals surface area contributed by atoms with Gasteiger partial charge in [-0.3, -0.25) is 4.79 Å². The van der Waals surface area contributed by atoms with Gasteiger partial charge in [-0.2, -0.15) is 0 Å². The zero-order valence-electron chi connectivity index (χ0n) is 8.77. The molecular weight excluding hydrogens is 196 g/mol. The molecule has 1 aliphatic heterocycles. The van der Waals surface area contributed by atoms with Crippen molar-refractivity contribution in [3.05, 3.63) is 0 Å². The Morgan fingerprint density at radius 2 is 2.40 bits per heavy atom. The van der Waals surface area contributed by atoms with Gasteiger partial charge in [0.2, 0.25) is 0 Å². The van der Waals surface area contributed by atoms with Crippen LogP contribution >= 0.6 is 0 Å². The summed E-state index contributed by atoms with van der Waals surface area (Å²) >= 11 is 0. The molecule has 1 saturated carbocycles. The van der Waals surface area contributed by atoms with Gasteiger partial charge in [-0.05, 0) is 12.8 Å². The number of carbonyl (C=O) groups excluding carboxylic acids is 1. The molecule has 3 unspecified atom stereocenters. The summed E-state index contributed by atoms with van der Waals surface area (Å²) in [6, 6.07) is 0.0455. The fourth-order valence-electron chi connectivity index (χ4n) is 2.21. The van der Waals surface area contributed by atoms with E-state index in [4.69, 9.17) is 5.11 Å². The van der Waals surface area contributed by atoms with Gasteiger partial charge in [0, 0.05) is 18.6 Å². The second kappa shape index (κ2) is 3.72. The van der Waals surface area contributed by atoms with Crippen molar-refractivity contribution < 1.29 is 14.7 Å². The van der Waals surface area contributed by atoms with E-state index < -0.39 is 5.97 Å². The molecule has 5 heteroatoms. The van der Waals surface area contributed by atoms with E-state index >= 15 is 0 Å². The number of nitrogens with zero attached hydrogens (tertiary/aromatic N) is 1. The van der Waals surface area contributed by atoms with Crippen LogP contribution in [0.3, 0.4) is 0 Å². The Morgan fingerprint density at radius 3 is 2.93 bits per heavy atom. The van der Waals surface area contributed by atoms with Crippen molar-refractivity contribution in [1.82, 2.24) is 10.2 Å². The van der Waals surface area contributed by atoms with Gasteiger partial charge in [-0.1, -0.05) is 13.3 Å². The molecule has 2 amide bonds. The smallest absolute Gasteiger partial charge is 0.318 e. The third-order valence-electron chi connectivity index (χ3n) is 3.12. The quantitative estimate of drug-likeness (QED) is 0.719. The van der Waals surface area contributed by atoms with Crippen LogP contribution in [0, 0.1) is 5.92 Å². The fraction of sp³-hybridized carbons (Fsp3) is 0.800. The molecule has 5 nitrogen and oxygen atoms in total. The Morgan fingerprint density at radius 1 is 1.67 bits per heavy atom. The minimum atomic E-state index is -0.785. The maximum Gasteiger partial charge on any atom is 0.318 e. The van der Waals surface area contributed by atoms with Crippen molar-refractivity contribution in [3.63, 3.8) is 0 Å². The molecule has 0 spiro atoms. The SMILES string of the molecule is CCCC1CN(C2CC2C(=O)O)C(=O)N1. The third kappa shape index (κ3) is 1.91. The van der Waals surface area contributed by atoms with Crippen LogP contribution in [-0.2, 0) is 4.79 Å². The van der Waals surface area contributed by atoms with Gasteiger partial charge in [0.05, 0.1) is 5.92 Å². The Balaban J connectivity index is 1.90. The van der Waals surface area contributed by atoms with E-state index in [1.54, 1.807) is 4.90 Å². The molecule has 1 aliphatic carbocycles. The van der Waals surface area contributed by atoms with Crippen LogP contribution in [0.15, 0.2) is 0 Å². The van der Waals surface area contributed by atoms with Crippen molar-refractivity contribution >= 4 is 12.0 Å². The zero-order valence-corrected chi connectivity index (χ0v) is 8.77. The van der Waals surface area contributed by atoms with Crippen LogP contribution in [-0.4, -0.2) is 40.6 Å². The van der Waals surface area contributed by atoms with Gasteiger partial charge in [0.1, 0.15) is 0 Å². The number of nitrogens with one attached hydrogen (secondary N) is 1. The maximum atomic E-state index is 11.5. The highest BCUT2D eigenvalue weighted by Crippen LogP contribution is 2.37. The first-order chi connectivity index (χ1) is 7.13. The van der Waals surface area contributed by atoms with Gasteiger partial charge >= 0.3 is 12.0 Å².